The van der Waals surface area contributed by atoms with E-state index in [2.05, 4.69) is 17.3 Å². The number of benzene rings is 1. The van der Waals surface area contributed by atoms with Crippen LogP contribution in [0.25, 0.3) is 0 Å². The molecule has 1 aliphatic rings. The summed E-state index contributed by atoms with van der Waals surface area (Å²) >= 11 is 0. The Kier molecular flexibility index (Phi) is 7.41. The minimum absolute atomic E-state index is 0. The fraction of sp³-hybridized carbons (Fsp3) is 0.600. The largest absolute Gasteiger partial charge is 0.317 e. The molecule has 2 rings (SSSR count). The van der Waals surface area contributed by atoms with Gasteiger partial charge in [0.25, 0.3) is 6.43 Å². The summed E-state index contributed by atoms with van der Waals surface area (Å²) in [5.41, 5.74) is 1.09. The van der Waals surface area contributed by atoms with Crippen LogP contribution in [0.5, 0.6) is 0 Å². The lowest BCUT2D eigenvalue weighted by Crippen LogP contribution is -2.32. The molecule has 0 spiro atoms. The predicted octanol–water partition coefficient (Wildman–Crippen LogP) is 3.62. The van der Waals surface area contributed by atoms with E-state index in [0.717, 1.165) is 31.6 Å². The topological polar surface area (TPSA) is 15.3 Å². The summed E-state index contributed by atoms with van der Waals surface area (Å²) in [6.07, 6.45) is 1.11. The maximum Gasteiger partial charge on any atom is 0.263 e. The summed E-state index contributed by atoms with van der Waals surface area (Å²) in [7, 11) is 2.09. The second-order valence-corrected chi connectivity index (χ2v) is 5.30. The summed E-state index contributed by atoms with van der Waals surface area (Å²) in [6.45, 7) is 2.88. The summed E-state index contributed by atoms with van der Waals surface area (Å²) in [5, 5.41) is 3.39. The lowest BCUT2D eigenvalue weighted by atomic mass is 10.1. The average molecular weight is 305 g/mol. The maximum atomic E-state index is 12.7. The van der Waals surface area contributed by atoms with E-state index < -0.39 is 6.43 Å². The zero-order valence-corrected chi connectivity index (χ0v) is 12.6. The first-order valence-corrected chi connectivity index (χ1v) is 6.95. The SMILES string of the molecule is CN(Cc1cccc(C(F)F)c1)C1CCCNCC1.Cl. The van der Waals surface area contributed by atoms with E-state index in [1.807, 2.05) is 6.07 Å². The standard InChI is InChI=1S/C15H22F2N2.ClH/c1-19(14-6-3-8-18-9-7-14)11-12-4-2-5-13(10-12)15(16)17;/h2,4-5,10,14-15,18H,3,6-9,11H2,1H3;1H. The number of halogens is 3. The monoisotopic (exact) mass is 304 g/mol. The molecule has 5 heteroatoms. The fourth-order valence-corrected chi connectivity index (χ4v) is 2.69. The molecule has 0 aliphatic carbocycles. The minimum Gasteiger partial charge on any atom is -0.317 e. The van der Waals surface area contributed by atoms with Crippen molar-refractivity contribution in [1.29, 1.82) is 0 Å². The molecule has 0 bridgehead atoms. The summed E-state index contributed by atoms with van der Waals surface area (Å²) in [4.78, 5) is 2.29. The van der Waals surface area contributed by atoms with Crippen molar-refractivity contribution in [3.63, 3.8) is 0 Å². The van der Waals surface area contributed by atoms with Crippen molar-refractivity contribution >= 4 is 12.4 Å². The number of hydrogen-bond donors (Lipinski definition) is 1. The van der Waals surface area contributed by atoms with Crippen LogP contribution in [0.15, 0.2) is 24.3 Å². The third kappa shape index (κ3) is 5.00. The van der Waals surface area contributed by atoms with Gasteiger partial charge in [0.1, 0.15) is 0 Å². The van der Waals surface area contributed by atoms with E-state index in [-0.39, 0.29) is 18.0 Å². The van der Waals surface area contributed by atoms with Crippen LogP contribution >= 0.6 is 12.4 Å². The molecule has 1 heterocycles. The van der Waals surface area contributed by atoms with Gasteiger partial charge in [0, 0.05) is 18.2 Å². The Morgan fingerprint density at radius 2 is 2.10 bits per heavy atom. The van der Waals surface area contributed by atoms with Crippen molar-refractivity contribution in [2.45, 2.75) is 38.3 Å². The Morgan fingerprint density at radius 3 is 2.85 bits per heavy atom. The van der Waals surface area contributed by atoms with Crippen molar-refractivity contribution in [2.24, 2.45) is 0 Å². The first-order chi connectivity index (χ1) is 9.16. The Bertz CT molecular complexity index is 393. The lowest BCUT2D eigenvalue weighted by molar-refractivity contribution is 0.151. The summed E-state index contributed by atoms with van der Waals surface area (Å²) < 4.78 is 25.3. The van der Waals surface area contributed by atoms with Crippen molar-refractivity contribution in [1.82, 2.24) is 10.2 Å². The zero-order chi connectivity index (χ0) is 13.7. The van der Waals surface area contributed by atoms with Gasteiger partial charge in [0.2, 0.25) is 0 Å². The van der Waals surface area contributed by atoms with Gasteiger partial charge in [-0.2, -0.15) is 0 Å². The highest BCUT2D eigenvalue weighted by molar-refractivity contribution is 5.85. The molecule has 0 saturated carbocycles. The van der Waals surface area contributed by atoms with Gasteiger partial charge >= 0.3 is 0 Å². The molecule has 0 radical (unpaired) electrons. The highest BCUT2D eigenvalue weighted by Crippen LogP contribution is 2.21. The molecule has 1 atom stereocenters. The normalized spacial score (nSPS) is 19.8. The van der Waals surface area contributed by atoms with Crippen LogP contribution in [0.4, 0.5) is 8.78 Å². The third-order valence-electron chi connectivity index (χ3n) is 3.80. The maximum absolute atomic E-state index is 12.7. The molecule has 0 amide bonds. The highest BCUT2D eigenvalue weighted by atomic mass is 35.5. The van der Waals surface area contributed by atoms with E-state index in [9.17, 15) is 8.78 Å². The molecule has 1 N–H and O–H groups in total. The smallest absolute Gasteiger partial charge is 0.263 e. The molecule has 1 aromatic carbocycles. The Balaban J connectivity index is 0.00000200. The van der Waals surface area contributed by atoms with Gasteiger partial charge in [-0.05, 0) is 51.0 Å². The molecule has 2 nitrogen and oxygen atoms in total. The molecule has 20 heavy (non-hydrogen) atoms. The van der Waals surface area contributed by atoms with Gasteiger partial charge in [-0.3, -0.25) is 4.90 Å². The van der Waals surface area contributed by atoms with Crippen molar-refractivity contribution in [2.75, 3.05) is 20.1 Å². The van der Waals surface area contributed by atoms with Crippen LogP contribution < -0.4 is 5.32 Å². The van der Waals surface area contributed by atoms with Gasteiger partial charge in [0.05, 0.1) is 0 Å². The molecule has 1 aliphatic heterocycles. The highest BCUT2D eigenvalue weighted by Gasteiger charge is 2.17. The lowest BCUT2D eigenvalue weighted by Gasteiger charge is -2.27. The fourth-order valence-electron chi connectivity index (χ4n) is 2.69. The van der Waals surface area contributed by atoms with Crippen molar-refractivity contribution < 1.29 is 8.78 Å². The number of nitrogens with one attached hydrogen (secondary N) is 1. The third-order valence-corrected chi connectivity index (χ3v) is 3.80. The van der Waals surface area contributed by atoms with Crippen LogP contribution in [0.3, 0.4) is 0 Å². The van der Waals surface area contributed by atoms with Crippen molar-refractivity contribution in [3.05, 3.63) is 35.4 Å². The van der Waals surface area contributed by atoms with Crippen LogP contribution in [0.2, 0.25) is 0 Å². The van der Waals surface area contributed by atoms with E-state index in [0.29, 0.717) is 6.04 Å². The van der Waals surface area contributed by atoms with Gasteiger partial charge in [-0.1, -0.05) is 18.2 Å². The first-order valence-electron chi connectivity index (χ1n) is 6.95. The van der Waals surface area contributed by atoms with Crippen LogP contribution in [-0.2, 0) is 6.54 Å². The van der Waals surface area contributed by atoms with Crippen molar-refractivity contribution in [3.8, 4) is 0 Å². The Hall–Kier alpha value is -0.710. The van der Waals surface area contributed by atoms with Crippen LogP contribution in [-0.4, -0.2) is 31.1 Å². The predicted molar refractivity (Wildman–Crippen MR) is 80.6 cm³/mol. The van der Waals surface area contributed by atoms with E-state index in [1.165, 1.54) is 18.9 Å². The van der Waals surface area contributed by atoms with Gasteiger partial charge < -0.3 is 5.32 Å². The van der Waals surface area contributed by atoms with Crippen LogP contribution in [0.1, 0.15) is 36.8 Å². The van der Waals surface area contributed by atoms with E-state index in [1.54, 1.807) is 12.1 Å². The number of rotatable bonds is 4. The molecular weight excluding hydrogens is 282 g/mol. The molecule has 0 aromatic heterocycles. The van der Waals surface area contributed by atoms with E-state index >= 15 is 0 Å². The van der Waals surface area contributed by atoms with Gasteiger partial charge in [-0.25, -0.2) is 8.78 Å². The molecule has 1 unspecified atom stereocenters. The quantitative estimate of drug-likeness (QED) is 0.914. The molecule has 114 valence electrons. The zero-order valence-electron chi connectivity index (χ0n) is 11.8. The molecule has 1 saturated heterocycles. The summed E-state index contributed by atoms with van der Waals surface area (Å²) in [6, 6.07) is 7.31. The second kappa shape index (κ2) is 8.55. The Labute approximate surface area is 126 Å². The van der Waals surface area contributed by atoms with Crippen LogP contribution in [0, 0.1) is 0 Å². The second-order valence-electron chi connectivity index (χ2n) is 5.30. The number of hydrogen-bond acceptors (Lipinski definition) is 2. The van der Waals surface area contributed by atoms with E-state index in [4.69, 9.17) is 0 Å². The molecule has 1 fully saturated rings. The number of nitrogens with zero attached hydrogens (tertiary/aromatic N) is 1. The Morgan fingerprint density at radius 1 is 1.30 bits per heavy atom. The average Bonchev–Trinajstić information content (AvgIpc) is 2.68. The summed E-state index contributed by atoms with van der Waals surface area (Å²) in [5.74, 6) is 0. The van der Waals surface area contributed by atoms with Gasteiger partial charge in [-0.15, -0.1) is 12.4 Å². The first kappa shape index (κ1) is 17.3. The van der Waals surface area contributed by atoms with Gasteiger partial charge in [0.15, 0.2) is 0 Å². The number of alkyl halides is 2. The molecule has 1 aromatic rings. The minimum atomic E-state index is -2.38. The molecular formula is C15H23ClF2N2.